The molecular weight excluding hydrogens is 306 g/mol. The van der Waals surface area contributed by atoms with Crippen molar-refractivity contribution in [2.45, 2.75) is 25.7 Å². The van der Waals surface area contributed by atoms with E-state index in [0.717, 1.165) is 18.8 Å². The van der Waals surface area contributed by atoms with E-state index >= 15 is 0 Å². The third-order valence-corrected chi connectivity index (χ3v) is 4.09. The molecule has 0 saturated carbocycles. The Balaban J connectivity index is 1.77. The quantitative estimate of drug-likeness (QED) is 0.904. The predicted octanol–water partition coefficient (Wildman–Crippen LogP) is 3.01. The summed E-state index contributed by atoms with van der Waals surface area (Å²) < 4.78 is 10.6. The average molecular weight is 329 g/mol. The molecule has 7 heteroatoms. The fourth-order valence-corrected chi connectivity index (χ4v) is 2.82. The lowest BCUT2D eigenvalue weighted by Gasteiger charge is -2.19. The van der Waals surface area contributed by atoms with Crippen molar-refractivity contribution >= 4 is 17.5 Å². The van der Waals surface area contributed by atoms with E-state index < -0.39 is 0 Å². The Labute approximate surface area is 142 Å². The number of nitrogens with one attached hydrogen (secondary N) is 1. The highest BCUT2D eigenvalue weighted by molar-refractivity contribution is 5.61. The summed E-state index contributed by atoms with van der Waals surface area (Å²) >= 11 is 0. The first-order valence-electron chi connectivity index (χ1n) is 8.24. The van der Waals surface area contributed by atoms with Crippen molar-refractivity contribution in [1.29, 1.82) is 0 Å². The van der Waals surface area contributed by atoms with Gasteiger partial charge in [0, 0.05) is 24.8 Å². The third-order valence-electron chi connectivity index (χ3n) is 4.09. The number of aromatic nitrogens is 3. The zero-order chi connectivity index (χ0) is 16.8. The maximum atomic E-state index is 5.33. The summed E-state index contributed by atoms with van der Waals surface area (Å²) in [6.07, 6.45) is 6.52. The molecule has 24 heavy (non-hydrogen) atoms. The topological polar surface area (TPSA) is 72.4 Å². The average Bonchev–Trinajstić information content (AvgIpc) is 2.91. The molecule has 0 unspecified atom stereocenters. The first-order chi connectivity index (χ1) is 11.8. The van der Waals surface area contributed by atoms with Gasteiger partial charge in [-0.05, 0) is 25.0 Å². The highest BCUT2D eigenvalue weighted by atomic mass is 16.5. The molecule has 1 saturated heterocycles. The summed E-state index contributed by atoms with van der Waals surface area (Å²) in [5, 5.41) is 11.5. The van der Waals surface area contributed by atoms with Crippen molar-refractivity contribution in [3.8, 4) is 11.5 Å². The van der Waals surface area contributed by atoms with E-state index in [2.05, 4.69) is 25.4 Å². The zero-order valence-corrected chi connectivity index (χ0v) is 14.2. The molecule has 1 aromatic heterocycles. The van der Waals surface area contributed by atoms with Gasteiger partial charge in [-0.2, -0.15) is 10.1 Å². The van der Waals surface area contributed by atoms with E-state index in [-0.39, 0.29) is 0 Å². The summed E-state index contributed by atoms with van der Waals surface area (Å²) in [6, 6.07) is 5.63. The number of methoxy groups -OCH3 is 2. The van der Waals surface area contributed by atoms with Crippen LogP contribution in [0.3, 0.4) is 0 Å². The zero-order valence-electron chi connectivity index (χ0n) is 14.2. The minimum absolute atomic E-state index is 0.663. The van der Waals surface area contributed by atoms with Crippen molar-refractivity contribution in [2.75, 3.05) is 37.5 Å². The van der Waals surface area contributed by atoms with Crippen LogP contribution in [0.4, 0.5) is 17.5 Å². The van der Waals surface area contributed by atoms with Crippen LogP contribution < -0.4 is 19.7 Å². The van der Waals surface area contributed by atoms with Gasteiger partial charge in [0.2, 0.25) is 5.95 Å². The van der Waals surface area contributed by atoms with Gasteiger partial charge in [0.1, 0.15) is 0 Å². The first kappa shape index (κ1) is 16.3. The standard InChI is InChI=1S/C17H23N5O2/c1-23-14-8-7-13(11-15(14)24-2)19-16-12-18-21-17(20-16)22-9-5-3-4-6-10-22/h7-8,11-12H,3-6,9-10H2,1-2H3,(H,19,20,21). The van der Waals surface area contributed by atoms with Crippen LogP contribution in [-0.4, -0.2) is 42.5 Å². The van der Waals surface area contributed by atoms with E-state index in [1.54, 1.807) is 20.4 Å². The van der Waals surface area contributed by atoms with Crippen molar-refractivity contribution in [3.63, 3.8) is 0 Å². The van der Waals surface area contributed by atoms with Crippen LogP contribution in [-0.2, 0) is 0 Å². The van der Waals surface area contributed by atoms with E-state index in [9.17, 15) is 0 Å². The number of rotatable bonds is 5. The Morgan fingerprint density at radius 2 is 1.75 bits per heavy atom. The van der Waals surface area contributed by atoms with Crippen LogP contribution in [0.25, 0.3) is 0 Å². The van der Waals surface area contributed by atoms with Crippen LogP contribution in [0.1, 0.15) is 25.7 Å². The molecule has 2 aromatic rings. The Hall–Kier alpha value is -2.57. The molecule has 1 aromatic carbocycles. The van der Waals surface area contributed by atoms with Gasteiger partial charge in [0.15, 0.2) is 17.3 Å². The molecule has 0 aliphatic carbocycles. The third kappa shape index (κ3) is 3.84. The molecule has 2 heterocycles. The van der Waals surface area contributed by atoms with Crippen LogP contribution in [0, 0.1) is 0 Å². The lowest BCUT2D eigenvalue weighted by atomic mass is 10.2. The number of benzene rings is 1. The molecule has 0 bridgehead atoms. The maximum absolute atomic E-state index is 5.33. The molecule has 1 N–H and O–H groups in total. The Morgan fingerprint density at radius 3 is 2.46 bits per heavy atom. The van der Waals surface area contributed by atoms with Crippen LogP contribution in [0.15, 0.2) is 24.4 Å². The van der Waals surface area contributed by atoms with E-state index in [1.807, 2.05) is 18.2 Å². The summed E-state index contributed by atoms with van der Waals surface area (Å²) in [5.74, 6) is 2.70. The number of nitrogens with zero attached hydrogens (tertiary/aromatic N) is 4. The van der Waals surface area contributed by atoms with Crippen molar-refractivity contribution < 1.29 is 9.47 Å². The summed E-state index contributed by atoms with van der Waals surface area (Å²) in [6.45, 7) is 1.98. The van der Waals surface area contributed by atoms with Crippen molar-refractivity contribution in [3.05, 3.63) is 24.4 Å². The number of hydrogen-bond acceptors (Lipinski definition) is 7. The summed E-state index contributed by atoms with van der Waals surface area (Å²) in [7, 11) is 3.23. The van der Waals surface area contributed by atoms with Crippen molar-refractivity contribution in [1.82, 2.24) is 15.2 Å². The molecule has 7 nitrogen and oxygen atoms in total. The maximum Gasteiger partial charge on any atom is 0.247 e. The second kappa shape index (κ2) is 7.81. The van der Waals surface area contributed by atoms with E-state index in [1.165, 1.54) is 25.7 Å². The predicted molar refractivity (Wildman–Crippen MR) is 93.3 cm³/mol. The molecule has 0 radical (unpaired) electrons. The van der Waals surface area contributed by atoms with Gasteiger partial charge >= 0.3 is 0 Å². The SMILES string of the molecule is COc1ccc(Nc2cnnc(N3CCCCCC3)n2)cc1OC. The minimum atomic E-state index is 0.663. The lowest BCUT2D eigenvalue weighted by molar-refractivity contribution is 0.355. The van der Waals surface area contributed by atoms with Gasteiger partial charge in [-0.1, -0.05) is 12.8 Å². The largest absolute Gasteiger partial charge is 0.493 e. The van der Waals surface area contributed by atoms with E-state index in [4.69, 9.17) is 9.47 Å². The first-order valence-corrected chi connectivity index (χ1v) is 8.24. The Bertz CT molecular complexity index is 672. The summed E-state index contributed by atoms with van der Waals surface area (Å²) in [4.78, 5) is 6.81. The fraction of sp³-hybridized carbons (Fsp3) is 0.471. The van der Waals surface area contributed by atoms with Crippen LogP contribution in [0.5, 0.6) is 11.5 Å². The molecular formula is C17H23N5O2. The monoisotopic (exact) mass is 329 g/mol. The van der Waals surface area contributed by atoms with Gasteiger partial charge in [-0.15, -0.1) is 5.10 Å². The Kier molecular flexibility index (Phi) is 5.30. The molecule has 1 fully saturated rings. The Morgan fingerprint density at radius 1 is 1.00 bits per heavy atom. The molecule has 128 valence electrons. The molecule has 1 aliphatic rings. The second-order valence-corrected chi connectivity index (χ2v) is 5.74. The highest BCUT2D eigenvalue weighted by Crippen LogP contribution is 2.30. The van der Waals surface area contributed by atoms with Gasteiger partial charge in [0.25, 0.3) is 0 Å². The van der Waals surface area contributed by atoms with Gasteiger partial charge < -0.3 is 19.7 Å². The summed E-state index contributed by atoms with van der Waals surface area (Å²) in [5.41, 5.74) is 0.856. The van der Waals surface area contributed by atoms with Gasteiger partial charge in [0.05, 0.1) is 20.4 Å². The minimum Gasteiger partial charge on any atom is -0.493 e. The highest BCUT2D eigenvalue weighted by Gasteiger charge is 2.13. The fourth-order valence-electron chi connectivity index (χ4n) is 2.82. The number of ether oxygens (including phenoxy) is 2. The van der Waals surface area contributed by atoms with Crippen LogP contribution in [0.2, 0.25) is 0 Å². The number of anilines is 3. The number of hydrogen-bond donors (Lipinski definition) is 1. The van der Waals surface area contributed by atoms with Crippen molar-refractivity contribution in [2.24, 2.45) is 0 Å². The van der Waals surface area contributed by atoms with Gasteiger partial charge in [-0.25, -0.2) is 0 Å². The molecule has 0 atom stereocenters. The van der Waals surface area contributed by atoms with Gasteiger partial charge in [-0.3, -0.25) is 0 Å². The molecule has 3 rings (SSSR count). The van der Waals surface area contributed by atoms with E-state index in [0.29, 0.717) is 23.3 Å². The lowest BCUT2D eigenvalue weighted by Crippen LogP contribution is -2.26. The molecule has 1 aliphatic heterocycles. The molecule has 0 amide bonds. The smallest absolute Gasteiger partial charge is 0.247 e. The van der Waals surface area contributed by atoms with Crippen LogP contribution >= 0.6 is 0 Å². The second-order valence-electron chi connectivity index (χ2n) is 5.74. The molecule has 0 spiro atoms. The normalized spacial score (nSPS) is 14.8.